The zero-order valence-electron chi connectivity index (χ0n) is 13.7. The second-order valence-corrected chi connectivity index (χ2v) is 7.62. The van der Waals surface area contributed by atoms with Gasteiger partial charge in [0, 0.05) is 31.0 Å². The number of rotatable bonds is 6. The molecule has 0 aliphatic rings. The third-order valence-corrected chi connectivity index (χ3v) is 4.50. The van der Waals surface area contributed by atoms with Crippen LogP contribution in [0.1, 0.15) is 46.0 Å². The first-order valence-electron chi connectivity index (χ1n) is 7.21. The van der Waals surface area contributed by atoms with Gasteiger partial charge in [-0.3, -0.25) is 4.68 Å². The van der Waals surface area contributed by atoms with E-state index in [0.717, 1.165) is 29.6 Å². The van der Waals surface area contributed by atoms with Crippen LogP contribution in [0.2, 0.25) is 0 Å². The summed E-state index contributed by atoms with van der Waals surface area (Å²) in [4.78, 5) is 0. The predicted molar refractivity (Wildman–Crippen MR) is 90.0 cm³/mol. The van der Waals surface area contributed by atoms with Crippen LogP contribution in [0.15, 0.2) is 17.1 Å². The quantitative estimate of drug-likeness (QED) is 0.796. The molecule has 1 heterocycles. The van der Waals surface area contributed by atoms with Crippen molar-refractivity contribution >= 4 is 15.9 Å². The number of hydrogen-bond donors (Lipinski definition) is 1. The van der Waals surface area contributed by atoms with Crippen LogP contribution in [-0.2, 0) is 19.9 Å². The Balaban J connectivity index is 2.93. The van der Waals surface area contributed by atoms with Gasteiger partial charge in [-0.15, -0.1) is 6.58 Å². The molecule has 0 radical (unpaired) electrons. The van der Waals surface area contributed by atoms with E-state index in [4.69, 9.17) is 0 Å². The van der Waals surface area contributed by atoms with Crippen molar-refractivity contribution in [3.8, 4) is 0 Å². The normalized spacial score (nSPS) is 15.2. The Bertz CT molecular complexity index is 471. The largest absolute Gasteiger partial charge is 0.311 e. The highest BCUT2D eigenvalue weighted by atomic mass is 79.9. The van der Waals surface area contributed by atoms with Crippen molar-refractivity contribution in [3.63, 3.8) is 0 Å². The number of aryl methyl sites for hydroxylation is 2. The number of hydrogen-bond acceptors (Lipinski definition) is 2. The lowest BCUT2D eigenvalue weighted by Gasteiger charge is -2.31. The van der Waals surface area contributed by atoms with Gasteiger partial charge in [0.2, 0.25) is 0 Å². The summed E-state index contributed by atoms with van der Waals surface area (Å²) in [5, 5.41) is 8.15. The molecule has 1 rings (SSSR count). The van der Waals surface area contributed by atoms with Gasteiger partial charge in [-0.05, 0) is 43.1 Å². The van der Waals surface area contributed by atoms with Gasteiger partial charge in [-0.1, -0.05) is 19.9 Å². The van der Waals surface area contributed by atoms with Crippen LogP contribution in [-0.4, -0.2) is 21.9 Å². The molecule has 0 fully saturated rings. The highest BCUT2D eigenvalue weighted by molar-refractivity contribution is 9.10. The van der Waals surface area contributed by atoms with Crippen LogP contribution in [0, 0.1) is 5.41 Å². The van der Waals surface area contributed by atoms with E-state index in [2.05, 4.69) is 73.6 Å². The van der Waals surface area contributed by atoms with E-state index < -0.39 is 0 Å². The minimum absolute atomic E-state index is 0.00854. The smallest absolute Gasteiger partial charge is 0.0766 e. The van der Waals surface area contributed by atoms with Crippen LogP contribution >= 0.6 is 15.9 Å². The van der Waals surface area contributed by atoms with Gasteiger partial charge < -0.3 is 5.32 Å². The molecule has 4 heteroatoms. The third-order valence-electron chi connectivity index (χ3n) is 3.59. The van der Waals surface area contributed by atoms with E-state index in [-0.39, 0.29) is 11.0 Å². The van der Waals surface area contributed by atoms with Crippen molar-refractivity contribution in [2.75, 3.05) is 6.54 Å². The summed E-state index contributed by atoms with van der Waals surface area (Å²) in [6, 6.07) is 0. The van der Waals surface area contributed by atoms with Crippen molar-refractivity contribution in [2.45, 2.75) is 53.0 Å². The highest BCUT2D eigenvalue weighted by Crippen LogP contribution is 2.30. The predicted octanol–water partition coefficient (Wildman–Crippen LogP) is 3.87. The molecule has 3 nitrogen and oxygen atoms in total. The van der Waals surface area contributed by atoms with Gasteiger partial charge in [-0.25, -0.2) is 0 Å². The molecule has 1 aromatic rings. The van der Waals surface area contributed by atoms with Crippen molar-refractivity contribution in [3.05, 3.63) is 28.5 Å². The summed E-state index contributed by atoms with van der Waals surface area (Å²) in [5.41, 5.74) is 2.48. The maximum absolute atomic E-state index is 4.57. The van der Waals surface area contributed by atoms with Crippen LogP contribution < -0.4 is 5.32 Å². The standard InChI is InChI=1S/C16H28BrN3/c1-8-12-14(17)13(20(7)19-12)10-16(6,9-2)11-18-15(3,4)5/h9,18H,2,8,10-11H2,1,3-7H3. The fourth-order valence-electron chi connectivity index (χ4n) is 2.07. The zero-order chi connectivity index (χ0) is 15.6. The molecular weight excluding hydrogens is 314 g/mol. The summed E-state index contributed by atoms with van der Waals surface area (Å²) in [6.07, 6.45) is 3.92. The molecule has 0 amide bonds. The lowest BCUT2D eigenvalue weighted by molar-refractivity contribution is 0.318. The average Bonchev–Trinajstić information content (AvgIpc) is 2.63. The maximum atomic E-state index is 4.57. The molecule has 0 aliphatic heterocycles. The maximum Gasteiger partial charge on any atom is 0.0766 e. The topological polar surface area (TPSA) is 29.9 Å². The van der Waals surface area contributed by atoms with Gasteiger partial charge >= 0.3 is 0 Å². The molecule has 0 saturated carbocycles. The molecule has 0 bridgehead atoms. The lowest BCUT2D eigenvalue weighted by atomic mass is 9.84. The van der Waals surface area contributed by atoms with Gasteiger partial charge in [0.25, 0.3) is 0 Å². The van der Waals surface area contributed by atoms with Crippen molar-refractivity contribution in [1.29, 1.82) is 0 Å². The molecule has 0 aliphatic carbocycles. The van der Waals surface area contributed by atoms with E-state index in [1.807, 2.05) is 11.7 Å². The number of aromatic nitrogens is 2. The first-order chi connectivity index (χ1) is 9.12. The Morgan fingerprint density at radius 2 is 1.95 bits per heavy atom. The number of nitrogens with one attached hydrogen (secondary N) is 1. The second-order valence-electron chi connectivity index (χ2n) is 6.82. The Kier molecular flexibility index (Phi) is 5.61. The molecule has 0 spiro atoms. The minimum Gasteiger partial charge on any atom is -0.311 e. The molecule has 20 heavy (non-hydrogen) atoms. The van der Waals surface area contributed by atoms with Gasteiger partial charge in [0.05, 0.1) is 15.9 Å². The summed E-state index contributed by atoms with van der Waals surface area (Å²) in [6.45, 7) is 15.9. The second kappa shape index (κ2) is 6.44. The molecular formula is C16H28BrN3. The molecule has 1 N–H and O–H groups in total. The summed E-state index contributed by atoms with van der Waals surface area (Å²) >= 11 is 3.70. The first-order valence-corrected chi connectivity index (χ1v) is 8.00. The number of halogens is 1. The van der Waals surface area contributed by atoms with Crippen LogP contribution in [0.3, 0.4) is 0 Å². The summed E-state index contributed by atoms with van der Waals surface area (Å²) in [7, 11) is 2.01. The lowest BCUT2D eigenvalue weighted by Crippen LogP contribution is -2.43. The fourth-order valence-corrected chi connectivity index (χ4v) is 2.82. The SMILES string of the molecule is C=CC(C)(CNC(C)(C)C)Cc1c(Br)c(CC)nn1C. The van der Waals surface area contributed by atoms with E-state index in [0.29, 0.717) is 0 Å². The van der Waals surface area contributed by atoms with E-state index in [1.54, 1.807) is 0 Å². The summed E-state index contributed by atoms with van der Waals surface area (Å²) < 4.78 is 3.13. The van der Waals surface area contributed by atoms with E-state index in [9.17, 15) is 0 Å². The monoisotopic (exact) mass is 341 g/mol. The van der Waals surface area contributed by atoms with Crippen molar-refractivity contribution < 1.29 is 0 Å². The van der Waals surface area contributed by atoms with Crippen molar-refractivity contribution in [2.24, 2.45) is 12.5 Å². The van der Waals surface area contributed by atoms with E-state index >= 15 is 0 Å². The molecule has 1 unspecified atom stereocenters. The van der Waals surface area contributed by atoms with Gasteiger partial charge in [0.1, 0.15) is 0 Å². The molecule has 1 aromatic heterocycles. The Morgan fingerprint density at radius 1 is 1.35 bits per heavy atom. The Morgan fingerprint density at radius 3 is 2.35 bits per heavy atom. The minimum atomic E-state index is 0.00854. The summed E-state index contributed by atoms with van der Waals surface area (Å²) in [5.74, 6) is 0. The zero-order valence-corrected chi connectivity index (χ0v) is 15.3. The Labute approximate surface area is 132 Å². The van der Waals surface area contributed by atoms with Gasteiger partial charge in [0.15, 0.2) is 0 Å². The third kappa shape index (κ3) is 4.45. The fraction of sp³-hybridized carbons (Fsp3) is 0.688. The number of nitrogens with zero attached hydrogens (tertiary/aromatic N) is 2. The Hall–Kier alpha value is -0.610. The molecule has 0 saturated heterocycles. The average molecular weight is 342 g/mol. The van der Waals surface area contributed by atoms with Crippen LogP contribution in [0.25, 0.3) is 0 Å². The molecule has 114 valence electrons. The van der Waals surface area contributed by atoms with Crippen LogP contribution in [0.4, 0.5) is 0 Å². The molecule has 0 aromatic carbocycles. The van der Waals surface area contributed by atoms with Crippen molar-refractivity contribution in [1.82, 2.24) is 15.1 Å². The highest BCUT2D eigenvalue weighted by Gasteiger charge is 2.26. The van der Waals surface area contributed by atoms with Crippen LogP contribution in [0.5, 0.6) is 0 Å². The van der Waals surface area contributed by atoms with Gasteiger partial charge in [-0.2, -0.15) is 5.10 Å². The molecule has 1 atom stereocenters. The first kappa shape index (κ1) is 17.4. The van der Waals surface area contributed by atoms with E-state index in [1.165, 1.54) is 5.69 Å².